The Kier molecular flexibility index (Phi) is 9.11. The van der Waals surface area contributed by atoms with E-state index < -0.39 is 57.7 Å². The van der Waals surface area contributed by atoms with Gasteiger partial charge in [-0.3, -0.25) is 15.1 Å². The van der Waals surface area contributed by atoms with Gasteiger partial charge >= 0.3 is 18.6 Å². The SMILES string of the molecule is Cc1nc(NC(=O)N2C[C@H](NS(=O)(=O)c3ccc(OC(F)(F)F)cc3)C[C@H]2C(N)=O)sc1-c1ccnc(C(C)(C)C(F)(F)F)c1. The zero-order chi connectivity index (χ0) is 33.5. The van der Waals surface area contributed by atoms with Gasteiger partial charge in [-0.15, -0.1) is 13.2 Å². The Morgan fingerprint density at radius 3 is 2.31 bits per heavy atom. The molecule has 2 aromatic heterocycles. The fraction of sp³-hybridized carbons (Fsp3) is 0.385. The number of aromatic nitrogens is 2. The molecule has 0 bridgehead atoms. The first-order chi connectivity index (χ1) is 20.7. The van der Waals surface area contributed by atoms with Gasteiger partial charge in [0.15, 0.2) is 5.13 Å². The molecular formula is C26H26F6N6O5S2. The summed E-state index contributed by atoms with van der Waals surface area (Å²) in [6.45, 7) is 3.30. The van der Waals surface area contributed by atoms with E-state index in [1.54, 1.807) is 6.92 Å². The average Bonchev–Trinajstić information content (AvgIpc) is 3.50. The van der Waals surface area contributed by atoms with Gasteiger partial charge in [0.2, 0.25) is 15.9 Å². The highest BCUT2D eigenvalue weighted by molar-refractivity contribution is 7.89. The molecule has 3 heterocycles. The lowest BCUT2D eigenvalue weighted by molar-refractivity contribution is -0.274. The number of hydrogen-bond donors (Lipinski definition) is 3. The number of halogens is 6. The van der Waals surface area contributed by atoms with Crippen LogP contribution in [0.15, 0.2) is 47.5 Å². The van der Waals surface area contributed by atoms with Gasteiger partial charge < -0.3 is 15.4 Å². The zero-order valence-corrected chi connectivity index (χ0v) is 25.3. The highest BCUT2D eigenvalue weighted by Gasteiger charge is 2.49. The van der Waals surface area contributed by atoms with Gasteiger partial charge in [0.1, 0.15) is 17.2 Å². The number of primary amides is 1. The van der Waals surface area contributed by atoms with Crippen molar-refractivity contribution in [3.8, 4) is 16.2 Å². The lowest BCUT2D eigenvalue weighted by atomic mass is 9.87. The number of rotatable bonds is 8. The van der Waals surface area contributed by atoms with Gasteiger partial charge in [-0.1, -0.05) is 11.3 Å². The number of benzene rings is 1. The number of carbonyl (C=O) groups excluding carboxylic acids is 2. The third-order valence-corrected chi connectivity index (χ3v) is 9.62. The number of aryl methyl sites for hydroxylation is 1. The molecule has 1 saturated heterocycles. The minimum Gasteiger partial charge on any atom is -0.406 e. The molecule has 0 spiro atoms. The lowest BCUT2D eigenvalue weighted by Gasteiger charge is -2.27. The Labute approximate surface area is 256 Å². The van der Waals surface area contributed by atoms with E-state index >= 15 is 0 Å². The van der Waals surface area contributed by atoms with Crippen LogP contribution in [0.5, 0.6) is 5.75 Å². The Balaban J connectivity index is 1.48. The molecule has 2 atom stereocenters. The Morgan fingerprint density at radius 2 is 1.73 bits per heavy atom. The van der Waals surface area contributed by atoms with Crippen molar-refractivity contribution in [1.82, 2.24) is 19.6 Å². The van der Waals surface area contributed by atoms with Crippen molar-refractivity contribution < 1.29 is 49.1 Å². The van der Waals surface area contributed by atoms with Crippen molar-refractivity contribution in [2.24, 2.45) is 5.73 Å². The van der Waals surface area contributed by atoms with Crippen molar-refractivity contribution in [3.63, 3.8) is 0 Å². The summed E-state index contributed by atoms with van der Waals surface area (Å²) in [5.41, 5.74) is 3.79. The molecule has 0 radical (unpaired) electrons. The van der Waals surface area contributed by atoms with Crippen LogP contribution in [0.4, 0.5) is 36.3 Å². The fourth-order valence-electron chi connectivity index (χ4n) is 4.46. The van der Waals surface area contributed by atoms with E-state index in [1.807, 2.05) is 0 Å². The maximum atomic E-state index is 13.6. The Hall–Kier alpha value is -3.97. The second kappa shape index (κ2) is 12.1. The van der Waals surface area contributed by atoms with E-state index in [-0.39, 0.29) is 28.7 Å². The topological polar surface area (TPSA) is 157 Å². The van der Waals surface area contributed by atoms with Crippen molar-refractivity contribution in [2.45, 2.75) is 62.1 Å². The van der Waals surface area contributed by atoms with Crippen LogP contribution in [-0.4, -0.2) is 66.4 Å². The molecule has 11 nitrogen and oxygen atoms in total. The monoisotopic (exact) mass is 680 g/mol. The molecule has 244 valence electrons. The smallest absolute Gasteiger partial charge is 0.406 e. The van der Waals surface area contributed by atoms with Crippen LogP contribution in [0.25, 0.3) is 10.4 Å². The number of anilines is 1. The summed E-state index contributed by atoms with van der Waals surface area (Å²) in [7, 11) is -4.30. The molecule has 3 amide bonds. The molecule has 0 saturated carbocycles. The van der Waals surface area contributed by atoms with E-state index in [2.05, 4.69) is 24.7 Å². The molecule has 1 aliphatic heterocycles. The highest BCUT2D eigenvalue weighted by atomic mass is 32.2. The van der Waals surface area contributed by atoms with Crippen LogP contribution in [0.1, 0.15) is 31.7 Å². The Morgan fingerprint density at radius 1 is 1.09 bits per heavy atom. The third-order valence-electron chi connectivity index (χ3n) is 6.96. The van der Waals surface area contributed by atoms with E-state index in [0.717, 1.165) is 54.3 Å². The zero-order valence-electron chi connectivity index (χ0n) is 23.7. The number of nitrogens with one attached hydrogen (secondary N) is 2. The van der Waals surface area contributed by atoms with Crippen LogP contribution in [0, 0.1) is 6.92 Å². The number of pyridine rings is 1. The number of alkyl halides is 6. The fourth-order valence-corrected chi connectivity index (χ4v) is 6.66. The maximum absolute atomic E-state index is 13.6. The standard InChI is InChI=1S/C26H26F6N6O5S2/c1-13-20(14-8-9-34-19(10-14)24(2,3)25(27,28)29)44-22(35-13)36-23(40)38-12-15(11-18(38)21(33)39)37-45(41,42)17-6-4-16(5-7-17)43-26(30,31)32/h4-10,15,18,37H,11-12H2,1-3H3,(H2,33,39)(H,35,36,40)/t15-,18+/m1/s1. The van der Waals surface area contributed by atoms with Crippen LogP contribution in [-0.2, 0) is 20.2 Å². The summed E-state index contributed by atoms with van der Waals surface area (Å²) < 4.78 is 110. The molecule has 1 aromatic carbocycles. The number of likely N-dealkylation sites (tertiary alicyclic amines) is 1. The predicted molar refractivity (Wildman–Crippen MR) is 150 cm³/mol. The maximum Gasteiger partial charge on any atom is 0.573 e. The van der Waals surface area contributed by atoms with Crippen LogP contribution in [0.3, 0.4) is 0 Å². The first-order valence-corrected chi connectivity index (χ1v) is 15.2. The highest BCUT2D eigenvalue weighted by Crippen LogP contribution is 2.41. The van der Waals surface area contributed by atoms with Crippen molar-refractivity contribution in [1.29, 1.82) is 0 Å². The number of urea groups is 1. The molecule has 0 aliphatic carbocycles. The van der Waals surface area contributed by atoms with E-state index in [9.17, 15) is 44.3 Å². The van der Waals surface area contributed by atoms with Crippen molar-refractivity contribution in [2.75, 3.05) is 11.9 Å². The molecule has 1 fully saturated rings. The number of sulfonamides is 1. The summed E-state index contributed by atoms with van der Waals surface area (Å²) in [5, 5.41) is 2.57. The molecule has 4 rings (SSSR count). The average molecular weight is 681 g/mol. The first kappa shape index (κ1) is 33.9. The van der Waals surface area contributed by atoms with Gasteiger partial charge in [-0.25, -0.2) is 22.9 Å². The quantitative estimate of drug-likeness (QED) is 0.292. The predicted octanol–water partition coefficient (Wildman–Crippen LogP) is 4.69. The van der Waals surface area contributed by atoms with Crippen LogP contribution >= 0.6 is 11.3 Å². The van der Waals surface area contributed by atoms with Gasteiger partial charge in [-0.2, -0.15) is 13.2 Å². The number of ether oxygens (including phenoxy) is 1. The minimum atomic E-state index is -4.97. The van der Waals surface area contributed by atoms with Crippen molar-refractivity contribution >= 4 is 38.4 Å². The molecular weight excluding hydrogens is 654 g/mol. The van der Waals surface area contributed by atoms with E-state index in [0.29, 0.717) is 16.1 Å². The molecule has 19 heteroatoms. The molecule has 3 aromatic rings. The number of nitrogens with zero attached hydrogens (tertiary/aromatic N) is 3. The molecule has 1 aliphatic rings. The molecule has 4 N–H and O–H groups in total. The number of carbonyl (C=O) groups is 2. The summed E-state index contributed by atoms with van der Waals surface area (Å²) in [6, 6.07) is 3.14. The summed E-state index contributed by atoms with van der Waals surface area (Å²) in [4.78, 5) is 34.5. The second-order valence-corrected chi connectivity index (χ2v) is 13.3. The number of thiazole rings is 1. The third kappa shape index (κ3) is 7.64. The van der Waals surface area contributed by atoms with Gasteiger partial charge in [0.25, 0.3) is 0 Å². The Bertz CT molecular complexity index is 1690. The number of hydrogen-bond acceptors (Lipinski definition) is 8. The first-order valence-electron chi connectivity index (χ1n) is 12.9. The second-order valence-electron chi connectivity index (χ2n) is 10.6. The summed E-state index contributed by atoms with van der Waals surface area (Å²) in [5.74, 6) is -1.55. The van der Waals surface area contributed by atoms with E-state index in [1.165, 1.54) is 18.3 Å². The normalized spacial score (nSPS) is 17.8. The largest absolute Gasteiger partial charge is 0.573 e. The van der Waals surface area contributed by atoms with E-state index in [4.69, 9.17) is 5.73 Å². The van der Waals surface area contributed by atoms with Gasteiger partial charge in [0, 0.05) is 18.8 Å². The number of nitrogens with two attached hydrogens (primary N) is 1. The molecule has 45 heavy (non-hydrogen) atoms. The molecule has 0 unspecified atom stereocenters. The summed E-state index contributed by atoms with van der Waals surface area (Å²) in [6.07, 6.45) is -8.49. The van der Waals surface area contributed by atoms with Gasteiger partial charge in [-0.05, 0) is 69.2 Å². The van der Waals surface area contributed by atoms with Crippen molar-refractivity contribution in [3.05, 3.63) is 54.0 Å². The summed E-state index contributed by atoms with van der Waals surface area (Å²) >= 11 is 0.962. The number of amides is 3. The minimum absolute atomic E-state index is 0.0503. The lowest BCUT2D eigenvalue weighted by Crippen LogP contribution is -2.46. The van der Waals surface area contributed by atoms with Crippen LogP contribution < -0.4 is 20.5 Å². The van der Waals surface area contributed by atoms with Crippen LogP contribution in [0.2, 0.25) is 0 Å². The van der Waals surface area contributed by atoms with Gasteiger partial charge in [0.05, 0.1) is 21.2 Å².